The van der Waals surface area contributed by atoms with Gasteiger partial charge >= 0.3 is 0 Å². The van der Waals surface area contributed by atoms with E-state index in [0.29, 0.717) is 28.4 Å². The molecule has 1 amide bonds. The van der Waals surface area contributed by atoms with Crippen LogP contribution in [0.25, 0.3) is 0 Å². The molecular formula is C16H18Cl2N4OS. The molecule has 0 spiro atoms. The third kappa shape index (κ3) is 4.05. The van der Waals surface area contributed by atoms with Crippen LogP contribution in [-0.2, 0) is 11.3 Å². The Hall–Kier alpha value is -1.24. The van der Waals surface area contributed by atoms with Gasteiger partial charge in [0, 0.05) is 19.6 Å². The van der Waals surface area contributed by atoms with Crippen molar-refractivity contribution >= 4 is 40.9 Å². The summed E-state index contributed by atoms with van der Waals surface area (Å²) in [5, 5.41) is 10.1. The van der Waals surface area contributed by atoms with Crippen molar-refractivity contribution in [1.82, 2.24) is 19.7 Å². The van der Waals surface area contributed by atoms with E-state index in [1.165, 1.54) is 11.8 Å². The van der Waals surface area contributed by atoms with Gasteiger partial charge in [0.25, 0.3) is 0 Å². The lowest BCUT2D eigenvalue weighted by molar-refractivity contribution is -0.127. The van der Waals surface area contributed by atoms with E-state index in [2.05, 4.69) is 14.8 Å². The average molecular weight is 385 g/mol. The van der Waals surface area contributed by atoms with Crippen molar-refractivity contribution in [3.63, 3.8) is 0 Å². The van der Waals surface area contributed by atoms with Crippen molar-refractivity contribution in [1.29, 1.82) is 0 Å². The first kappa shape index (κ1) is 17.6. The molecule has 5 nitrogen and oxygen atoms in total. The van der Waals surface area contributed by atoms with Crippen molar-refractivity contribution in [3.05, 3.63) is 39.6 Å². The summed E-state index contributed by atoms with van der Waals surface area (Å²) >= 11 is 13.4. The Kier molecular flexibility index (Phi) is 5.37. The van der Waals surface area contributed by atoms with Crippen molar-refractivity contribution in [2.45, 2.75) is 37.5 Å². The summed E-state index contributed by atoms with van der Waals surface area (Å²) in [7, 11) is 1.78. The normalized spacial score (nSPS) is 14.0. The highest BCUT2D eigenvalue weighted by Crippen LogP contribution is 2.38. The topological polar surface area (TPSA) is 51.0 Å². The van der Waals surface area contributed by atoms with Crippen molar-refractivity contribution in [3.8, 4) is 0 Å². The first-order valence-corrected chi connectivity index (χ1v) is 9.42. The molecule has 8 heteroatoms. The minimum atomic E-state index is 0.0362. The van der Waals surface area contributed by atoms with Gasteiger partial charge in [-0.15, -0.1) is 10.2 Å². The molecule has 0 radical (unpaired) electrons. The van der Waals surface area contributed by atoms with E-state index in [-0.39, 0.29) is 5.91 Å². The van der Waals surface area contributed by atoms with E-state index >= 15 is 0 Å². The Morgan fingerprint density at radius 1 is 1.33 bits per heavy atom. The second kappa shape index (κ2) is 7.33. The highest BCUT2D eigenvalue weighted by atomic mass is 35.5. The van der Waals surface area contributed by atoms with Crippen LogP contribution in [-0.4, -0.2) is 38.4 Å². The lowest BCUT2D eigenvalue weighted by Gasteiger charge is -2.17. The summed E-state index contributed by atoms with van der Waals surface area (Å²) in [6.45, 7) is 2.44. The minimum Gasteiger partial charge on any atom is -0.341 e. The summed E-state index contributed by atoms with van der Waals surface area (Å²) < 4.78 is 2.14. The summed E-state index contributed by atoms with van der Waals surface area (Å²) in [5.74, 6) is 1.29. The van der Waals surface area contributed by atoms with E-state index in [9.17, 15) is 4.79 Å². The van der Waals surface area contributed by atoms with Crippen molar-refractivity contribution in [2.24, 2.45) is 0 Å². The van der Waals surface area contributed by atoms with Crippen LogP contribution >= 0.6 is 35.0 Å². The van der Waals surface area contributed by atoms with Crippen LogP contribution in [0.2, 0.25) is 10.0 Å². The van der Waals surface area contributed by atoms with Crippen LogP contribution in [0.3, 0.4) is 0 Å². The molecule has 0 saturated heterocycles. The van der Waals surface area contributed by atoms with Crippen molar-refractivity contribution in [2.75, 3.05) is 12.8 Å². The molecule has 1 fully saturated rings. The molecule has 1 aromatic heterocycles. The van der Waals surface area contributed by atoms with Gasteiger partial charge in [0.1, 0.15) is 5.82 Å². The van der Waals surface area contributed by atoms with Crippen LogP contribution in [0.1, 0.15) is 30.3 Å². The second-order valence-corrected chi connectivity index (χ2v) is 7.67. The third-order valence-corrected chi connectivity index (χ3v) is 5.57. The standard InChI is InChI=1S/C16H18Cl2N4OS/c1-10-19-20-16(22(10)12-4-5-12)24-9-15(23)21(2)8-11-3-6-13(17)14(18)7-11/h3,6-7,12H,4-5,8-9H2,1-2H3. The van der Waals surface area contributed by atoms with Gasteiger partial charge in [-0.25, -0.2) is 0 Å². The van der Waals surface area contributed by atoms with Gasteiger partial charge in [-0.3, -0.25) is 4.79 Å². The fourth-order valence-corrected chi connectivity index (χ4v) is 3.75. The zero-order valence-corrected chi connectivity index (χ0v) is 15.8. The number of amides is 1. The van der Waals surface area contributed by atoms with Gasteiger partial charge in [0.05, 0.1) is 15.8 Å². The SMILES string of the molecule is Cc1nnc(SCC(=O)N(C)Cc2ccc(Cl)c(Cl)c2)n1C1CC1. The number of carbonyl (C=O) groups excluding carboxylic acids is 1. The Balaban J connectivity index is 1.57. The third-order valence-electron chi connectivity index (χ3n) is 3.90. The second-order valence-electron chi connectivity index (χ2n) is 5.92. The van der Waals surface area contributed by atoms with Gasteiger partial charge in [0.2, 0.25) is 5.91 Å². The maximum atomic E-state index is 12.4. The van der Waals surface area contributed by atoms with E-state index < -0.39 is 0 Å². The summed E-state index contributed by atoms with van der Waals surface area (Å²) in [6, 6.07) is 5.91. The number of aromatic nitrogens is 3. The molecule has 1 aliphatic carbocycles. The molecule has 2 aromatic rings. The highest BCUT2D eigenvalue weighted by Gasteiger charge is 2.28. The van der Waals surface area contributed by atoms with E-state index in [1.807, 2.05) is 13.0 Å². The lowest BCUT2D eigenvalue weighted by Crippen LogP contribution is -2.27. The van der Waals surface area contributed by atoms with E-state index in [0.717, 1.165) is 29.4 Å². The summed E-state index contributed by atoms with van der Waals surface area (Å²) in [5.41, 5.74) is 0.947. The Labute approximate surface area is 155 Å². The number of aryl methyl sites for hydroxylation is 1. The summed E-state index contributed by atoms with van der Waals surface area (Å²) in [4.78, 5) is 14.0. The fourth-order valence-electron chi connectivity index (χ4n) is 2.44. The fraction of sp³-hybridized carbons (Fsp3) is 0.438. The van der Waals surface area contributed by atoms with Gasteiger partial charge in [-0.1, -0.05) is 41.0 Å². The molecular weight excluding hydrogens is 367 g/mol. The molecule has 0 atom stereocenters. The maximum Gasteiger partial charge on any atom is 0.233 e. The first-order valence-electron chi connectivity index (χ1n) is 7.68. The van der Waals surface area contributed by atoms with Crippen LogP contribution < -0.4 is 0 Å². The number of benzene rings is 1. The minimum absolute atomic E-state index is 0.0362. The number of carbonyl (C=O) groups is 1. The predicted octanol–water partition coefficient (Wildman–Crippen LogP) is 3.98. The summed E-state index contributed by atoms with van der Waals surface area (Å²) in [6.07, 6.45) is 2.33. The monoisotopic (exact) mass is 384 g/mol. The van der Waals surface area contributed by atoms with Gasteiger partial charge < -0.3 is 9.47 Å². The number of hydrogen-bond acceptors (Lipinski definition) is 4. The Morgan fingerprint density at radius 2 is 2.08 bits per heavy atom. The number of rotatable bonds is 6. The molecule has 1 aliphatic rings. The molecule has 128 valence electrons. The Bertz CT molecular complexity index is 761. The zero-order valence-electron chi connectivity index (χ0n) is 13.5. The molecule has 0 bridgehead atoms. The van der Waals surface area contributed by atoms with Gasteiger partial charge in [-0.05, 0) is 37.5 Å². The van der Waals surface area contributed by atoms with Gasteiger partial charge in [-0.2, -0.15) is 0 Å². The molecule has 3 rings (SSSR count). The number of thioether (sulfide) groups is 1. The molecule has 24 heavy (non-hydrogen) atoms. The number of nitrogens with zero attached hydrogens (tertiary/aromatic N) is 4. The van der Waals surface area contributed by atoms with E-state index in [4.69, 9.17) is 23.2 Å². The van der Waals surface area contributed by atoms with Gasteiger partial charge in [0.15, 0.2) is 5.16 Å². The zero-order chi connectivity index (χ0) is 17.3. The number of halogens is 2. The molecule has 0 unspecified atom stereocenters. The van der Waals surface area contributed by atoms with Crippen LogP contribution in [0.15, 0.2) is 23.4 Å². The molecule has 0 N–H and O–H groups in total. The first-order chi connectivity index (χ1) is 11.5. The van der Waals surface area contributed by atoms with Crippen LogP contribution in [0.4, 0.5) is 0 Å². The van der Waals surface area contributed by atoms with E-state index in [1.54, 1.807) is 24.1 Å². The lowest BCUT2D eigenvalue weighted by atomic mass is 10.2. The highest BCUT2D eigenvalue weighted by molar-refractivity contribution is 7.99. The van der Waals surface area contributed by atoms with Crippen LogP contribution in [0, 0.1) is 6.92 Å². The largest absolute Gasteiger partial charge is 0.341 e. The number of hydrogen-bond donors (Lipinski definition) is 0. The molecule has 1 aromatic carbocycles. The molecule has 0 aliphatic heterocycles. The maximum absolute atomic E-state index is 12.4. The smallest absolute Gasteiger partial charge is 0.233 e. The average Bonchev–Trinajstić information content (AvgIpc) is 3.31. The Morgan fingerprint density at radius 3 is 2.75 bits per heavy atom. The quantitative estimate of drug-likeness (QED) is 0.706. The molecule has 1 heterocycles. The predicted molar refractivity (Wildman–Crippen MR) is 96.7 cm³/mol. The van der Waals surface area contributed by atoms with Crippen molar-refractivity contribution < 1.29 is 4.79 Å². The van der Waals surface area contributed by atoms with Crippen LogP contribution in [0.5, 0.6) is 0 Å². The molecule has 1 saturated carbocycles.